The van der Waals surface area contributed by atoms with Crippen molar-refractivity contribution >= 4 is 0 Å². The Kier molecular flexibility index (Phi) is 3.98. The van der Waals surface area contributed by atoms with Crippen molar-refractivity contribution in [2.45, 2.75) is 39.3 Å². The van der Waals surface area contributed by atoms with E-state index >= 15 is 0 Å². The van der Waals surface area contributed by atoms with E-state index in [4.69, 9.17) is 4.74 Å². The normalized spacial score (nSPS) is 20.7. The van der Waals surface area contributed by atoms with Crippen molar-refractivity contribution in [3.05, 3.63) is 64.7 Å². The molecule has 2 aromatic rings. The van der Waals surface area contributed by atoms with E-state index in [0.717, 1.165) is 18.7 Å². The lowest BCUT2D eigenvalue weighted by atomic mass is 9.89. The highest BCUT2D eigenvalue weighted by atomic mass is 16.5. The van der Waals surface area contributed by atoms with Crippen molar-refractivity contribution < 1.29 is 4.74 Å². The van der Waals surface area contributed by atoms with Crippen LogP contribution in [0.5, 0.6) is 5.75 Å². The molecule has 0 aliphatic carbocycles. The van der Waals surface area contributed by atoms with Gasteiger partial charge in [-0.05, 0) is 43.1 Å². The summed E-state index contributed by atoms with van der Waals surface area (Å²) in [5.41, 5.74) is 5.25. The summed E-state index contributed by atoms with van der Waals surface area (Å²) in [4.78, 5) is 0. The number of hydrogen-bond acceptors (Lipinski definition) is 2. The van der Waals surface area contributed by atoms with Gasteiger partial charge in [-0.1, -0.05) is 43.3 Å². The van der Waals surface area contributed by atoms with Crippen LogP contribution in [0.2, 0.25) is 0 Å². The van der Waals surface area contributed by atoms with E-state index in [2.05, 4.69) is 68.6 Å². The first-order valence-electron chi connectivity index (χ1n) is 7.75. The van der Waals surface area contributed by atoms with Gasteiger partial charge in [-0.3, -0.25) is 0 Å². The second-order valence-corrected chi connectivity index (χ2v) is 5.80. The van der Waals surface area contributed by atoms with Gasteiger partial charge in [0.2, 0.25) is 0 Å². The van der Waals surface area contributed by atoms with Crippen molar-refractivity contribution in [2.24, 2.45) is 0 Å². The van der Waals surface area contributed by atoms with Crippen molar-refractivity contribution in [2.75, 3.05) is 6.54 Å². The van der Waals surface area contributed by atoms with Crippen molar-refractivity contribution in [3.8, 4) is 5.75 Å². The number of hydrogen-bond donors (Lipinski definition) is 1. The Hall–Kier alpha value is -1.80. The van der Waals surface area contributed by atoms with Crippen LogP contribution < -0.4 is 10.1 Å². The molecule has 0 aromatic heterocycles. The Morgan fingerprint density at radius 2 is 1.76 bits per heavy atom. The first kappa shape index (κ1) is 14.2. The Balaban J connectivity index is 2.00. The third-order valence-electron chi connectivity index (χ3n) is 4.33. The first-order chi connectivity index (χ1) is 10.2. The highest BCUT2D eigenvalue weighted by Crippen LogP contribution is 2.42. The maximum absolute atomic E-state index is 6.32. The van der Waals surface area contributed by atoms with E-state index in [1.165, 1.54) is 22.3 Å². The molecule has 0 bridgehead atoms. The average molecular weight is 281 g/mol. The van der Waals surface area contributed by atoms with Gasteiger partial charge >= 0.3 is 0 Å². The van der Waals surface area contributed by atoms with Gasteiger partial charge in [0.25, 0.3) is 0 Å². The van der Waals surface area contributed by atoms with Gasteiger partial charge < -0.3 is 10.1 Å². The van der Waals surface area contributed by atoms with Crippen LogP contribution in [0, 0.1) is 13.8 Å². The lowest BCUT2D eigenvalue weighted by Crippen LogP contribution is -2.29. The second-order valence-electron chi connectivity index (χ2n) is 5.80. The minimum absolute atomic E-state index is 0.130. The molecule has 2 aromatic carbocycles. The standard InChI is InChI=1S/C19H23NO/c1-4-20-16-12-18(19-13(2)8-7-9-14(19)3)21-17-11-6-5-10-15(16)17/h5-11,16,18,20H,4,12H2,1-3H3. The molecule has 2 nitrogen and oxygen atoms in total. The maximum atomic E-state index is 6.32. The molecule has 1 N–H and O–H groups in total. The number of para-hydroxylation sites is 1. The van der Waals surface area contributed by atoms with Crippen LogP contribution in [-0.4, -0.2) is 6.54 Å². The Morgan fingerprint density at radius 1 is 1.05 bits per heavy atom. The molecule has 1 aliphatic heterocycles. The lowest BCUT2D eigenvalue weighted by molar-refractivity contribution is 0.151. The van der Waals surface area contributed by atoms with Crippen LogP contribution in [0.3, 0.4) is 0 Å². The average Bonchev–Trinajstić information content (AvgIpc) is 2.47. The number of aryl methyl sites for hydroxylation is 2. The minimum atomic E-state index is 0.130. The van der Waals surface area contributed by atoms with E-state index < -0.39 is 0 Å². The topological polar surface area (TPSA) is 21.3 Å². The monoisotopic (exact) mass is 281 g/mol. The predicted molar refractivity (Wildman–Crippen MR) is 86.8 cm³/mol. The van der Waals surface area contributed by atoms with Crippen LogP contribution in [0.25, 0.3) is 0 Å². The number of fused-ring (bicyclic) bond motifs is 1. The fourth-order valence-corrected chi connectivity index (χ4v) is 3.37. The van der Waals surface area contributed by atoms with Gasteiger partial charge in [0.05, 0.1) is 0 Å². The summed E-state index contributed by atoms with van der Waals surface area (Å²) in [6.45, 7) is 7.48. The molecule has 1 heterocycles. The molecule has 110 valence electrons. The Morgan fingerprint density at radius 3 is 2.48 bits per heavy atom. The largest absolute Gasteiger partial charge is 0.485 e. The molecule has 2 unspecified atom stereocenters. The zero-order valence-electron chi connectivity index (χ0n) is 13.0. The molecular weight excluding hydrogens is 258 g/mol. The molecule has 0 fully saturated rings. The summed E-state index contributed by atoms with van der Waals surface area (Å²) in [7, 11) is 0. The summed E-state index contributed by atoms with van der Waals surface area (Å²) >= 11 is 0. The van der Waals surface area contributed by atoms with Crippen LogP contribution in [0.4, 0.5) is 0 Å². The summed E-state index contributed by atoms with van der Waals surface area (Å²) in [6.07, 6.45) is 1.11. The quantitative estimate of drug-likeness (QED) is 0.895. The molecule has 1 aliphatic rings. The van der Waals surface area contributed by atoms with Gasteiger partial charge in [0.1, 0.15) is 11.9 Å². The van der Waals surface area contributed by atoms with Gasteiger partial charge in [0.15, 0.2) is 0 Å². The SMILES string of the molecule is CCNC1CC(c2c(C)cccc2C)Oc2ccccc21. The number of rotatable bonds is 3. The zero-order chi connectivity index (χ0) is 14.8. The zero-order valence-corrected chi connectivity index (χ0v) is 13.0. The summed E-state index contributed by atoms with van der Waals surface area (Å²) in [5.74, 6) is 1.02. The smallest absolute Gasteiger partial charge is 0.126 e. The molecule has 0 saturated carbocycles. The van der Waals surface area contributed by atoms with Crippen molar-refractivity contribution in [3.63, 3.8) is 0 Å². The molecule has 0 spiro atoms. The highest BCUT2D eigenvalue weighted by molar-refractivity contribution is 5.42. The third kappa shape index (κ3) is 2.68. The van der Waals surface area contributed by atoms with Crippen molar-refractivity contribution in [1.29, 1.82) is 0 Å². The second kappa shape index (κ2) is 5.90. The lowest BCUT2D eigenvalue weighted by Gasteiger charge is -2.34. The van der Waals surface area contributed by atoms with Crippen LogP contribution in [-0.2, 0) is 0 Å². The Labute approximate surface area is 127 Å². The number of benzene rings is 2. The molecule has 0 radical (unpaired) electrons. The maximum Gasteiger partial charge on any atom is 0.126 e. The van der Waals surface area contributed by atoms with Gasteiger partial charge in [-0.2, -0.15) is 0 Å². The summed E-state index contributed by atoms with van der Waals surface area (Å²) in [6, 6.07) is 15.2. The molecule has 0 amide bonds. The van der Waals surface area contributed by atoms with Crippen molar-refractivity contribution in [1.82, 2.24) is 5.32 Å². The van der Waals surface area contributed by atoms with E-state index in [1.54, 1.807) is 0 Å². The van der Waals surface area contributed by atoms with Gasteiger partial charge in [-0.25, -0.2) is 0 Å². The molecular formula is C19H23NO. The molecule has 0 saturated heterocycles. The Bertz CT molecular complexity index is 615. The summed E-state index contributed by atoms with van der Waals surface area (Å²) < 4.78 is 6.32. The summed E-state index contributed by atoms with van der Waals surface area (Å²) in [5, 5.41) is 3.60. The highest BCUT2D eigenvalue weighted by Gasteiger charge is 2.30. The first-order valence-corrected chi connectivity index (χ1v) is 7.75. The van der Waals surface area contributed by atoms with E-state index in [9.17, 15) is 0 Å². The van der Waals surface area contributed by atoms with Crippen LogP contribution in [0.1, 0.15) is 47.7 Å². The molecule has 2 heteroatoms. The molecule has 3 rings (SSSR count). The minimum Gasteiger partial charge on any atom is -0.485 e. The van der Waals surface area contributed by atoms with E-state index in [-0.39, 0.29) is 6.10 Å². The number of nitrogens with one attached hydrogen (secondary N) is 1. The van der Waals surface area contributed by atoms with E-state index in [1.807, 2.05) is 0 Å². The van der Waals surface area contributed by atoms with E-state index in [0.29, 0.717) is 6.04 Å². The molecule has 2 atom stereocenters. The fourth-order valence-electron chi connectivity index (χ4n) is 3.37. The van der Waals surface area contributed by atoms with Crippen LogP contribution >= 0.6 is 0 Å². The number of ether oxygens (including phenoxy) is 1. The predicted octanol–water partition coefficient (Wildman–Crippen LogP) is 4.48. The van der Waals surface area contributed by atoms with Crippen LogP contribution in [0.15, 0.2) is 42.5 Å². The molecule has 21 heavy (non-hydrogen) atoms. The van der Waals surface area contributed by atoms with Gasteiger partial charge in [-0.15, -0.1) is 0 Å². The third-order valence-corrected chi connectivity index (χ3v) is 4.33. The van der Waals surface area contributed by atoms with Gasteiger partial charge in [0, 0.05) is 18.0 Å². The fraction of sp³-hybridized carbons (Fsp3) is 0.368.